The lowest BCUT2D eigenvalue weighted by molar-refractivity contribution is -0.121. The maximum atomic E-state index is 12.8. The Hall–Kier alpha value is -3.22. The Morgan fingerprint density at radius 2 is 1.88 bits per heavy atom. The minimum atomic E-state index is -0.290. The van der Waals surface area contributed by atoms with Gasteiger partial charge in [-0.1, -0.05) is 17.3 Å². The van der Waals surface area contributed by atoms with Crippen LogP contribution in [0.5, 0.6) is 5.75 Å². The molecular formula is C19H18FN3O3. The number of nitrogens with zero attached hydrogens (tertiary/aromatic N) is 2. The molecule has 1 heterocycles. The maximum absolute atomic E-state index is 12.8. The first kappa shape index (κ1) is 17.6. The molecule has 7 heteroatoms. The van der Waals surface area contributed by atoms with Gasteiger partial charge in [-0.25, -0.2) is 4.39 Å². The molecule has 0 atom stereocenters. The Bertz CT molecular complexity index is 860. The van der Waals surface area contributed by atoms with E-state index in [0.717, 1.165) is 16.9 Å². The summed E-state index contributed by atoms with van der Waals surface area (Å²) in [7, 11) is 1.60. The van der Waals surface area contributed by atoms with Crippen molar-refractivity contribution in [3.8, 4) is 17.1 Å². The summed E-state index contributed by atoms with van der Waals surface area (Å²) < 4.78 is 23.1. The summed E-state index contributed by atoms with van der Waals surface area (Å²) in [6.45, 7) is 0.158. The van der Waals surface area contributed by atoms with Crippen LogP contribution < -0.4 is 10.1 Å². The number of halogens is 1. The summed E-state index contributed by atoms with van der Waals surface area (Å²) in [6.07, 6.45) is 0.831. The van der Waals surface area contributed by atoms with Crippen LogP contribution in [0.4, 0.5) is 4.39 Å². The quantitative estimate of drug-likeness (QED) is 0.704. The predicted octanol–water partition coefficient (Wildman–Crippen LogP) is 3.13. The molecule has 0 radical (unpaired) electrons. The standard InChI is InChI=1S/C19H18FN3O3/c1-25-16-9-5-14(6-10-16)19-22-18(26-23-19)12-21-17(24)11-4-13-2-7-15(20)8-3-13/h2-3,5-10H,4,11-12H2,1H3,(H,21,24). The van der Waals surface area contributed by atoms with Gasteiger partial charge in [-0.05, 0) is 48.4 Å². The molecule has 0 saturated heterocycles. The average molecular weight is 355 g/mol. The highest BCUT2D eigenvalue weighted by Crippen LogP contribution is 2.19. The van der Waals surface area contributed by atoms with Gasteiger partial charge >= 0.3 is 0 Å². The number of rotatable bonds is 7. The van der Waals surface area contributed by atoms with E-state index in [2.05, 4.69) is 15.5 Å². The Balaban J connectivity index is 1.49. The van der Waals surface area contributed by atoms with Gasteiger partial charge in [0.1, 0.15) is 11.6 Å². The Morgan fingerprint density at radius 3 is 2.58 bits per heavy atom. The van der Waals surface area contributed by atoms with E-state index >= 15 is 0 Å². The molecule has 3 aromatic rings. The maximum Gasteiger partial charge on any atom is 0.246 e. The molecule has 134 valence electrons. The van der Waals surface area contributed by atoms with E-state index in [1.54, 1.807) is 19.2 Å². The summed E-state index contributed by atoms with van der Waals surface area (Å²) >= 11 is 0. The van der Waals surface area contributed by atoms with Crippen molar-refractivity contribution in [1.82, 2.24) is 15.5 Å². The predicted molar refractivity (Wildman–Crippen MR) is 92.9 cm³/mol. The lowest BCUT2D eigenvalue weighted by atomic mass is 10.1. The van der Waals surface area contributed by atoms with Gasteiger partial charge in [-0.3, -0.25) is 4.79 Å². The van der Waals surface area contributed by atoms with Crippen LogP contribution in [0.2, 0.25) is 0 Å². The van der Waals surface area contributed by atoms with Crippen molar-refractivity contribution in [2.75, 3.05) is 7.11 Å². The molecule has 6 nitrogen and oxygen atoms in total. The van der Waals surface area contributed by atoms with Crippen LogP contribution in [0, 0.1) is 5.82 Å². The van der Waals surface area contributed by atoms with Crippen LogP contribution in [-0.4, -0.2) is 23.2 Å². The number of nitrogens with one attached hydrogen (secondary N) is 1. The summed E-state index contributed by atoms with van der Waals surface area (Å²) in [6, 6.07) is 13.4. The molecule has 0 aliphatic heterocycles. The molecule has 0 spiro atoms. The smallest absolute Gasteiger partial charge is 0.246 e. The van der Waals surface area contributed by atoms with Crippen LogP contribution in [0.1, 0.15) is 17.9 Å². The number of hydrogen-bond acceptors (Lipinski definition) is 5. The van der Waals surface area contributed by atoms with Crippen molar-refractivity contribution in [2.45, 2.75) is 19.4 Å². The third kappa shape index (κ3) is 4.66. The average Bonchev–Trinajstić information content (AvgIpc) is 3.15. The van der Waals surface area contributed by atoms with Crippen LogP contribution in [0.3, 0.4) is 0 Å². The summed E-state index contributed by atoms with van der Waals surface area (Å²) in [5.41, 5.74) is 1.70. The molecule has 26 heavy (non-hydrogen) atoms. The van der Waals surface area contributed by atoms with Crippen LogP contribution in [-0.2, 0) is 17.8 Å². The highest BCUT2D eigenvalue weighted by atomic mass is 19.1. The number of amides is 1. The Kier molecular flexibility index (Phi) is 5.58. The number of aryl methyl sites for hydroxylation is 1. The molecule has 0 saturated carbocycles. The van der Waals surface area contributed by atoms with Crippen molar-refractivity contribution in [3.63, 3.8) is 0 Å². The van der Waals surface area contributed by atoms with Gasteiger partial charge in [0.25, 0.3) is 0 Å². The Labute approximate surface area is 150 Å². The fourth-order valence-electron chi connectivity index (χ4n) is 2.36. The number of carbonyl (C=O) groups excluding carboxylic acids is 1. The van der Waals surface area contributed by atoms with Crippen molar-refractivity contribution >= 4 is 5.91 Å². The molecular weight excluding hydrogens is 337 g/mol. The lowest BCUT2D eigenvalue weighted by Crippen LogP contribution is -2.23. The van der Waals surface area contributed by atoms with Gasteiger partial charge in [0.05, 0.1) is 13.7 Å². The molecule has 1 N–H and O–H groups in total. The molecule has 3 rings (SSSR count). The van der Waals surface area contributed by atoms with E-state index in [4.69, 9.17) is 9.26 Å². The number of carbonyl (C=O) groups is 1. The third-order valence-corrected chi connectivity index (χ3v) is 3.81. The van der Waals surface area contributed by atoms with Crippen molar-refractivity contribution < 1.29 is 18.4 Å². The minimum Gasteiger partial charge on any atom is -0.497 e. The molecule has 2 aromatic carbocycles. The largest absolute Gasteiger partial charge is 0.497 e. The van der Waals surface area contributed by atoms with Crippen LogP contribution in [0.15, 0.2) is 53.1 Å². The lowest BCUT2D eigenvalue weighted by Gasteiger charge is -2.03. The first-order chi connectivity index (χ1) is 12.6. The number of methoxy groups -OCH3 is 1. The molecule has 0 bridgehead atoms. The molecule has 1 aromatic heterocycles. The van der Waals surface area contributed by atoms with E-state index in [9.17, 15) is 9.18 Å². The topological polar surface area (TPSA) is 77.3 Å². The number of benzene rings is 2. The second-order valence-corrected chi connectivity index (χ2v) is 5.64. The molecule has 0 fully saturated rings. The van der Waals surface area contributed by atoms with Gasteiger partial charge in [0.2, 0.25) is 17.6 Å². The van der Waals surface area contributed by atoms with Gasteiger partial charge in [-0.2, -0.15) is 4.98 Å². The van der Waals surface area contributed by atoms with Crippen LogP contribution >= 0.6 is 0 Å². The van der Waals surface area contributed by atoms with E-state index < -0.39 is 0 Å². The second kappa shape index (κ2) is 8.24. The molecule has 0 aliphatic carbocycles. The highest BCUT2D eigenvalue weighted by molar-refractivity contribution is 5.76. The number of ether oxygens (including phenoxy) is 1. The van der Waals surface area contributed by atoms with Gasteiger partial charge in [0, 0.05) is 12.0 Å². The van der Waals surface area contributed by atoms with Crippen molar-refractivity contribution in [1.29, 1.82) is 0 Å². The van der Waals surface area contributed by atoms with Gasteiger partial charge < -0.3 is 14.6 Å². The number of hydrogen-bond donors (Lipinski definition) is 1. The first-order valence-corrected chi connectivity index (χ1v) is 8.12. The van der Waals surface area contributed by atoms with Crippen molar-refractivity contribution in [3.05, 3.63) is 65.8 Å². The zero-order chi connectivity index (χ0) is 18.4. The monoisotopic (exact) mass is 355 g/mol. The first-order valence-electron chi connectivity index (χ1n) is 8.12. The van der Waals surface area contributed by atoms with E-state index in [1.807, 2.05) is 24.3 Å². The number of aromatic nitrogens is 2. The summed E-state index contributed by atoms with van der Waals surface area (Å²) in [4.78, 5) is 16.2. The van der Waals surface area contributed by atoms with Crippen LogP contribution in [0.25, 0.3) is 11.4 Å². The summed E-state index contributed by atoms with van der Waals surface area (Å²) in [5.74, 6) is 1.08. The zero-order valence-corrected chi connectivity index (χ0v) is 14.2. The van der Waals surface area contributed by atoms with E-state index in [-0.39, 0.29) is 18.3 Å². The fourth-order valence-corrected chi connectivity index (χ4v) is 2.36. The third-order valence-electron chi connectivity index (χ3n) is 3.81. The highest BCUT2D eigenvalue weighted by Gasteiger charge is 2.10. The second-order valence-electron chi connectivity index (χ2n) is 5.64. The van der Waals surface area contributed by atoms with Gasteiger partial charge in [-0.15, -0.1) is 0 Å². The zero-order valence-electron chi connectivity index (χ0n) is 14.2. The summed E-state index contributed by atoms with van der Waals surface area (Å²) in [5, 5.41) is 6.64. The van der Waals surface area contributed by atoms with Crippen molar-refractivity contribution in [2.24, 2.45) is 0 Å². The SMILES string of the molecule is COc1ccc(-c2noc(CNC(=O)CCc3ccc(F)cc3)n2)cc1. The molecule has 1 amide bonds. The fraction of sp³-hybridized carbons (Fsp3) is 0.211. The molecule has 0 aliphatic rings. The molecule has 0 unspecified atom stereocenters. The normalized spacial score (nSPS) is 10.5. The van der Waals surface area contributed by atoms with E-state index in [1.165, 1.54) is 12.1 Å². The minimum absolute atomic E-state index is 0.140. The van der Waals surface area contributed by atoms with E-state index in [0.29, 0.717) is 24.6 Å². The van der Waals surface area contributed by atoms with Gasteiger partial charge in [0.15, 0.2) is 0 Å². The Morgan fingerprint density at radius 1 is 1.15 bits per heavy atom.